The quantitative estimate of drug-likeness (QED) is 0.858. The molecule has 0 atom stereocenters. The molecular weight excluding hydrogens is 242 g/mol. The molecule has 1 aromatic carbocycles. The first-order chi connectivity index (χ1) is 8.78. The number of benzene rings is 1. The van der Waals surface area contributed by atoms with Gasteiger partial charge in [0.15, 0.2) is 5.13 Å². The molecule has 1 heterocycles. The van der Waals surface area contributed by atoms with Gasteiger partial charge in [0.25, 0.3) is 0 Å². The smallest absolute Gasteiger partial charge is 0.186 e. The number of thiazole rings is 1. The van der Waals surface area contributed by atoms with Gasteiger partial charge in [0, 0.05) is 18.3 Å². The van der Waals surface area contributed by atoms with Crippen molar-refractivity contribution < 1.29 is 0 Å². The van der Waals surface area contributed by atoms with E-state index >= 15 is 0 Å². The molecule has 2 N–H and O–H groups in total. The highest BCUT2D eigenvalue weighted by atomic mass is 32.1. The summed E-state index contributed by atoms with van der Waals surface area (Å²) in [6.45, 7) is 3.26. The van der Waals surface area contributed by atoms with Gasteiger partial charge in [-0.1, -0.05) is 24.2 Å². The van der Waals surface area contributed by atoms with Crippen LogP contribution in [-0.2, 0) is 0 Å². The Hall–Kier alpha value is -1.29. The molecule has 3 rings (SSSR count). The average Bonchev–Trinajstić information content (AvgIpc) is 2.98. The minimum Gasteiger partial charge on any atom is -0.399 e. The summed E-state index contributed by atoms with van der Waals surface area (Å²) in [5, 5.41) is 1.16. The fourth-order valence-electron chi connectivity index (χ4n) is 2.82. The minimum absolute atomic E-state index is 0.688. The second kappa shape index (κ2) is 4.76. The predicted molar refractivity (Wildman–Crippen MR) is 79.3 cm³/mol. The van der Waals surface area contributed by atoms with E-state index in [1.54, 1.807) is 11.3 Å². The molecule has 0 amide bonds. The van der Waals surface area contributed by atoms with Crippen molar-refractivity contribution in [2.45, 2.75) is 38.6 Å². The number of fused-ring (bicyclic) bond motifs is 1. The fourth-order valence-corrected chi connectivity index (χ4v) is 3.97. The molecule has 0 bridgehead atoms. The van der Waals surface area contributed by atoms with Crippen LogP contribution in [0.4, 0.5) is 10.8 Å². The third-order valence-corrected chi connectivity index (χ3v) is 4.81. The summed E-state index contributed by atoms with van der Waals surface area (Å²) in [5.74, 6) is 0. The number of nitrogens with zero attached hydrogens (tertiary/aromatic N) is 2. The minimum atomic E-state index is 0.688. The zero-order valence-corrected chi connectivity index (χ0v) is 11.5. The third kappa shape index (κ3) is 2.05. The lowest BCUT2D eigenvalue weighted by Gasteiger charge is -2.26. The summed E-state index contributed by atoms with van der Waals surface area (Å²) in [5.41, 5.74) is 7.72. The van der Waals surface area contributed by atoms with Crippen molar-refractivity contribution in [3.8, 4) is 0 Å². The summed E-state index contributed by atoms with van der Waals surface area (Å²) in [6.07, 6.45) is 5.34. The van der Waals surface area contributed by atoms with Crippen LogP contribution in [0.3, 0.4) is 0 Å². The number of rotatable bonds is 3. The summed E-state index contributed by atoms with van der Waals surface area (Å²) >= 11 is 1.77. The van der Waals surface area contributed by atoms with Gasteiger partial charge in [-0.25, -0.2) is 4.98 Å². The van der Waals surface area contributed by atoms with Gasteiger partial charge in [-0.15, -0.1) is 0 Å². The predicted octanol–water partition coefficient (Wildman–Crippen LogP) is 3.65. The molecule has 1 aliphatic rings. The normalized spacial score (nSPS) is 16.5. The number of aromatic nitrogens is 1. The van der Waals surface area contributed by atoms with Crippen LogP contribution in [-0.4, -0.2) is 17.6 Å². The fraction of sp³-hybridized carbons (Fsp3) is 0.500. The molecular formula is C14H19N3S. The lowest BCUT2D eigenvalue weighted by atomic mass is 10.2. The van der Waals surface area contributed by atoms with Crippen LogP contribution < -0.4 is 10.6 Å². The maximum Gasteiger partial charge on any atom is 0.186 e. The lowest BCUT2D eigenvalue weighted by Crippen LogP contribution is -2.32. The molecule has 0 spiro atoms. The van der Waals surface area contributed by atoms with E-state index in [0.717, 1.165) is 22.9 Å². The van der Waals surface area contributed by atoms with E-state index in [0.29, 0.717) is 6.04 Å². The Morgan fingerprint density at radius 1 is 1.39 bits per heavy atom. The van der Waals surface area contributed by atoms with E-state index < -0.39 is 0 Å². The molecule has 0 unspecified atom stereocenters. The molecule has 1 saturated carbocycles. The summed E-state index contributed by atoms with van der Waals surface area (Å²) in [4.78, 5) is 7.22. The van der Waals surface area contributed by atoms with Crippen LogP contribution in [0.2, 0.25) is 0 Å². The topological polar surface area (TPSA) is 42.2 Å². The van der Waals surface area contributed by atoms with Crippen molar-refractivity contribution in [3.63, 3.8) is 0 Å². The van der Waals surface area contributed by atoms with Crippen molar-refractivity contribution in [3.05, 3.63) is 18.2 Å². The van der Waals surface area contributed by atoms with Crippen molar-refractivity contribution >= 4 is 32.4 Å². The Bertz CT molecular complexity index is 543. The first-order valence-corrected chi connectivity index (χ1v) is 7.52. The van der Waals surface area contributed by atoms with Gasteiger partial charge in [-0.05, 0) is 38.0 Å². The van der Waals surface area contributed by atoms with E-state index in [-0.39, 0.29) is 0 Å². The number of nitrogen functional groups attached to an aromatic ring is 1. The molecule has 1 aromatic heterocycles. The first-order valence-electron chi connectivity index (χ1n) is 6.70. The van der Waals surface area contributed by atoms with Gasteiger partial charge in [0.1, 0.15) is 0 Å². The van der Waals surface area contributed by atoms with E-state index in [1.165, 1.54) is 30.4 Å². The molecule has 0 saturated heterocycles. The molecule has 1 aliphatic carbocycles. The number of nitrogens with two attached hydrogens (primary N) is 1. The first kappa shape index (κ1) is 11.8. The van der Waals surface area contributed by atoms with Gasteiger partial charge in [0.2, 0.25) is 0 Å². The van der Waals surface area contributed by atoms with Crippen molar-refractivity contribution in [1.29, 1.82) is 0 Å². The van der Waals surface area contributed by atoms with Crippen LogP contribution in [0.1, 0.15) is 32.6 Å². The van der Waals surface area contributed by atoms with Gasteiger partial charge in [0.05, 0.1) is 10.2 Å². The molecule has 1 fully saturated rings. The van der Waals surface area contributed by atoms with Gasteiger partial charge < -0.3 is 10.6 Å². The number of anilines is 2. The summed E-state index contributed by atoms with van der Waals surface area (Å²) in [6, 6.07) is 6.66. The highest BCUT2D eigenvalue weighted by Gasteiger charge is 2.23. The molecule has 0 radical (unpaired) electrons. The van der Waals surface area contributed by atoms with Crippen molar-refractivity contribution in [1.82, 2.24) is 4.98 Å². The second-order valence-electron chi connectivity index (χ2n) is 4.95. The Labute approximate surface area is 112 Å². The summed E-state index contributed by atoms with van der Waals surface area (Å²) < 4.78 is 1.20. The zero-order chi connectivity index (χ0) is 12.5. The van der Waals surface area contributed by atoms with E-state index in [9.17, 15) is 0 Å². The largest absolute Gasteiger partial charge is 0.399 e. The van der Waals surface area contributed by atoms with Crippen LogP contribution in [0.15, 0.2) is 18.2 Å². The van der Waals surface area contributed by atoms with E-state index in [4.69, 9.17) is 10.7 Å². The zero-order valence-electron chi connectivity index (χ0n) is 10.7. The monoisotopic (exact) mass is 261 g/mol. The van der Waals surface area contributed by atoms with Gasteiger partial charge in [-0.3, -0.25) is 0 Å². The maximum absolute atomic E-state index is 5.83. The van der Waals surface area contributed by atoms with Crippen LogP contribution in [0.25, 0.3) is 10.2 Å². The SMILES string of the molecule is CCN(c1nc2ccc(N)cc2s1)C1CCCC1. The Balaban J connectivity index is 1.96. The molecule has 96 valence electrons. The molecule has 18 heavy (non-hydrogen) atoms. The highest BCUT2D eigenvalue weighted by Crippen LogP contribution is 2.34. The standard InChI is InChI=1S/C14H19N3S/c1-2-17(11-5-3-4-6-11)14-16-12-8-7-10(15)9-13(12)18-14/h7-9,11H,2-6,15H2,1H3. The third-order valence-electron chi connectivity index (χ3n) is 3.75. The van der Waals surface area contributed by atoms with E-state index in [2.05, 4.69) is 11.8 Å². The number of hydrogen-bond acceptors (Lipinski definition) is 4. The number of hydrogen-bond donors (Lipinski definition) is 1. The van der Waals surface area contributed by atoms with Gasteiger partial charge in [-0.2, -0.15) is 0 Å². The second-order valence-corrected chi connectivity index (χ2v) is 5.96. The van der Waals surface area contributed by atoms with Crippen LogP contribution >= 0.6 is 11.3 Å². The summed E-state index contributed by atoms with van der Waals surface area (Å²) in [7, 11) is 0. The molecule has 4 heteroatoms. The van der Waals surface area contributed by atoms with Crippen LogP contribution in [0.5, 0.6) is 0 Å². The highest BCUT2D eigenvalue weighted by molar-refractivity contribution is 7.22. The van der Waals surface area contributed by atoms with Gasteiger partial charge >= 0.3 is 0 Å². The lowest BCUT2D eigenvalue weighted by molar-refractivity contribution is 0.619. The Morgan fingerprint density at radius 2 is 2.17 bits per heavy atom. The van der Waals surface area contributed by atoms with Crippen LogP contribution in [0, 0.1) is 0 Å². The molecule has 2 aromatic rings. The molecule has 3 nitrogen and oxygen atoms in total. The maximum atomic E-state index is 5.83. The average molecular weight is 261 g/mol. The molecule has 0 aliphatic heterocycles. The van der Waals surface area contributed by atoms with Crippen molar-refractivity contribution in [2.75, 3.05) is 17.2 Å². The Kier molecular flexibility index (Phi) is 3.12. The van der Waals surface area contributed by atoms with E-state index in [1.807, 2.05) is 18.2 Å². The van der Waals surface area contributed by atoms with Crippen molar-refractivity contribution in [2.24, 2.45) is 0 Å². The Morgan fingerprint density at radius 3 is 2.89 bits per heavy atom.